The summed E-state index contributed by atoms with van der Waals surface area (Å²) in [5, 5.41) is 3.52. The number of piperidine rings is 2. The third-order valence-corrected chi connectivity index (χ3v) is 5.91. The molecule has 7 heteroatoms. The maximum Gasteiger partial charge on any atom is 0.410 e. The van der Waals surface area contributed by atoms with Crippen molar-refractivity contribution in [2.75, 3.05) is 13.1 Å². The van der Waals surface area contributed by atoms with Crippen molar-refractivity contribution in [1.29, 1.82) is 0 Å². The van der Waals surface area contributed by atoms with Crippen LogP contribution in [0.3, 0.4) is 0 Å². The van der Waals surface area contributed by atoms with Crippen molar-refractivity contribution < 1.29 is 19.1 Å². The number of hydrogen-bond donors (Lipinski definition) is 1. The van der Waals surface area contributed by atoms with Crippen molar-refractivity contribution in [3.8, 4) is 0 Å². The lowest BCUT2D eigenvalue weighted by Crippen LogP contribution is -2.41. The molecule has 2 fully saturated rings. The summed E-state index contributed by atoms with van der Waals surface area (Å²) in [6.45, 7) is 7.03. The van der Waals surface area contributed by atoms with Gasteiger partial charge in [-0.15, -0.1) is 0 Å². The molecule has 3 heterocycles. The number of ether oxygens (including phenoxy) is 1. The largest absolute Gasteiger partial charge is 0.444 e. The van der Waals surface area contributed by atoms with Crippen molar-refractivity contribution in [2.24, 2.45) is 0 Å². The first-order valence-electron chi connectivity index (χ1n) is 10.6. The highest BCUT2D eigenvalue weighted by atomic mass is 16.6. The van der Waals surface area contributed by atoms with Crippen molar-refractivity contribution >= 4 is 28.8 Å². The van der Waals surface area contributed by atoms with E-state index >= 15 is 0 Å². The number of hydrogen-bond acceptors (Lipinski definition) is 4. The van der Waals surface area contributed by atoms with Gasteiger partial charge >= 0.3 is 6.09 Å². The number of carbonyl (C=O) groups is 3. The molecule has 2 saturated heterocycles. The lowest BCUT2D eigenvalue weighted by atomic mass is 9.89. The Hall–Kier alpha value is -2.83. The van der Waals surface area contributed by atoms with Crippen molar-refractivity contribution in [3.05, 3.63) is 36.0 Å². The van der Waals surface area contributed by atoms with Crippen molar-refractivity contribution in [2.45, 2.75) is 64.0 Å². The minimum absolute atomic E-state index is 0.201. The molecule has 30 heavy (non-hydrogen) atoms. The number of rotatable bonds is 2. The smallest absolute Gasteiger partial charge is 0.410 e. The Kier molecular flexibility index (Phi) is 5.30. The zero-order valence-corrected chi connectivity index (χ0v) is 17.8. The predicted octanol–water partition coefficient (Wildman–Crippen LogP) is 3.73. The fraction of sp³-hybridized carbons (Fsp3) is 0.522. The molecule has 0 spiro atoms. The SMILES string of the molecule is CC(C)(C)OC(=O)N1CCC(c2ccc3c(ccn3[C@@H]3CCC(=O)NC3=O)c2)CC1. The molecule has 0 aliphatic carbocycles. The van der Waals surface area contributed by atoms with Crippen LogP contribution >= 0.6 is 0 Å². The van der Waals surface area contributed by atoms with E-state index in [4.69, 9.17) is 4.74 Å². The van der Waals surface area contributed by atoms with E-state index in [1.165, 1.54) is 5.56 Å². The molecule has 2 aliphatic rings. The molecule has 3 amide bonds. The monoisotopic (exact) mass is 411 g/mol. The van der Waals surface area contributed by atoms with Crippen LogP contribution in [-0.2, 0) is 14.3 Å². The first-order valence-corrected chi connectivity index (χ1v) is 10.6. The number of benzene rings is 1. The van der Waals surface area contributed by atoms with Gasteiger partial charge in [-0.05, 0) is 75.1 Å². The molecule has 160 valence electrons. The standard InChI is InChI=1S/C23H29N3O4/c1-23(2,3)30-22(29)25-11-8-15(9-12-25)16-4-5-18-17(14-16)10-13-26(18)19-6-7-20(27)24-21(19)28/h4-5,10,13-15,19H,6-9,11-12H2,1-3H3,(H,24,27,28)/t19-/m1/s1. The van der Waals surface area contributed by atoms with Crippen molar-refractivity contribution in [3.63, 3.8) is 0 Å². The van der Waals surface area contributed by atoms with Gasteiger partial charge in [0.15, 0.2) is 0 Å². The molecule has 2 aromatic rings. The Bertz CT molecular complexity index is 980. The summed E-state index contributed by atoms with van der Waals surface area (Å²) in [6.07, 6.45) is 4.39. The lowest BCUT2D eigenvalue weighted by molar-refractivity contribution is -0.135. The van der Waals surface area contributed by atoms with E-state index in [2.05, 4.69) is 23.5 Å². The topological polar surface area (TPSA) is 80.6 Å². The van der Waals surface area contributed by atoms with E-state index in [0.717, 1.165) is 23.7 Å². The molecule has 7 nitrogen and oxygen atoms in total. The minimum atomic E-state index is -0.478. The van der Waals surface area contributed by atoms with Gasteiger partial charge in [-0.2, -0.15) is 0 Å². The second kappa shape index (κ2) is 7.78. The maximum atomic E-state index is 12.3. The second-order valence-electron chi connectivity index (χ2n) is 9.25. The second-order valence-corrected chi connectivity index (χ2v) is 9.25. The van der Waals surface area contributed by atoms with E-state index in [-0.39, 0.29) is 23.9 Å². The summed E-state index contributed by atoms with van der Waals surface area (Å²) in [4.78, 5) is 37.7. The average molecular weight is 412 g/mol. The van der Waals surface area contributed by atoms with E-state index in [9.17, 15) is 14.4 Å². The number of nitrogens with zero attached hydrogens (tertiary/aromatic N) is 2. The predicted molar refractivity (Wildman–Crippen MR) is 113 cm³/mol. The highest BCUT2D eigenvalue weighted by molar-refractivity contribution is 6.00. The van der Waals surface area contributed by atoms with E-state index < -0.39 is 5.60 Å². The van der Waals surface area contributed by atoms with Gasteiger partial charge in [0, 0.05) is 31.2 Å². The third kappa shape index (κ3) is 4.20. The molecule has 0 saturated carbocycles. The third-order valence-electron chi connectivity index (χ3n) is 5.91. The highest BCUT2D eigenvalue weighted by Crippen LogP contribution is 2.32. The maximum absolute atomic E-state index is 12.3. The number of carbonyl (C=O) groups excluding carboxylic acids is 3. The fourth-order valence-corrected chi connectivity index (χ4v) is 4.38. The molecule has 0 radical (unpaired) electrons. The Morgan fingerprint density at radius 2 is 1.83 bits per heavy atom. The molecular weight excluding hydrogens is 382 g/mol. The number of fused-ring (bicyclic) bond motifs is 1. The van der Waals surface area contributed by atoms with Gasteiger partial charge in [0.05, 0.1) is 0 Å². The quantitative estimate of drug-likeness (QED) is 0.764. The Labute approximate surface area is 176 Å². The zero-order chi connectivity index (χ0) is 21.5. The Morgan fingerprint density at radius 1 is 1.10 bits per heavy atom. The lowest BCUT2D eigenvalue weighted by Gasteiger charge is -2.33. The number of amides is 3. The van der Waals surface area contributed by atoms with Crippen LogP contribution in [0.25, 0.3) is 10.9 Å². The van der Waals surface area contributed by atoms with Gasteiger partial charge in [0.2, 0.25) is 11.8 Å². The van der Waals surface area contributed by atoms with Gasteiger partial charge < -0.3 is 14.2 Å². The molecule has 1 aromatic heterocycles. The van der Waals surface area contributed by atoms with E-state index in [1.807, 2.05) is 37.6 Å². The van der Waals surface area contributed by atoms with Gasteiger partial charge in [0.25, 0.3) is 0 Å². The Morgan fingerprint density at radius 3 is 2.50 bits per heavy atom. The van der Waals surface area contributed by atoms with Gasteiger partial charge in [-0.1, -0.05) is 6.07 Å². The fourth-order valence-electron chi connectivity index (χ4n) is 4.38. The van der Waals surface area contributed by atoms with E-state index in [0.29, 0.717) is 31.8 Å². The zero-order valence-electron chi connectivity index (χ0n) is 17.8. The molecule has 0 unspecified atom stereocenters. The van der Waals surface area contributed by atoms with Crippen LogP contribution in [0.15, 0.2) is 30.5 Å². The summed E-state index contributed by atoms with van der Waals surface area (Å²) in [5.74, 6) is -0.0397. The highest BCUT2D eigenvalue weighted by Gasteiger charge is 2.30. The van der Waals surface area contributed by atoms with Gasteiger partial charge in [-0.25, -0.2) is 4.79 Å². The normalized spacial score (nSPS) is 21.0. The first-order chi connectivity index (χ1) is 14.2. The van der Waals surface area contributed by atoms with Crippen LogP contribution in [-0.4, -0.2) is 46.1 Å². The molecule has 2 aliphatic heterocycles. The summed E-state index contributed by atoms with van der Waals surface area (Å²) >= 11 is 0. The summed E-state index contributed by atoms with van der Waals surface area (Å²) in [6, 6.07) is 8.06. The molecular formula is C23H29N3O4. The van der Waals surface area contributed by atoms with Crippen LogP contribution < -0.4 is 5.32 Å². The van der Waals surface area contributed by atoms with Gasteiger partial charge in [0.1, 0.15) is 11.6 Å². The van der Waals surface area contributed by atoms with Crippen LogP contribution in [0.2, 0.25) is 0 Å². The number of imide groups is 1. The van der Waals surface area contributed by atoms with Crippen molar-refractivity contribution in [1.82, 2.24) is 14.8 Å². The number of likely N-dealkylation sites (tertiary alicyclic amines) is 1. The summed E-state index contributed by atoms with van der Waals surface area (Å²) in [5.41, 5.74) is 1.78. The Balaban J connectivity index is 1.45. The average Bonchev–Trinajstić information content (AvgIpc) is 3.10. The first kappa shape index (κ1) is 20.4. The molecule has 4 rings (SSSR count). The molecule has 0 bridgehead atoms. The van der Waals surface area contributed by atoms with Crippen LogP contribution in [0.4, 0.5) is 4.79 Å². The summed E-state index contributed by atoms with van der Waals surface area (Å²) < 4.78 is 7.45. The molecule has 1 aromatic carbocycles. The van der Waals surface area contributed by atoms with Crippen LogP contribution in [0.1, 0.15) is 64.0 Å². The van der Waals surface area contributed by atoms with E-state index in [1.54, 1.807) is 4.90 Å². The minimum Gasteiger partial charge on any atom is -0.444 e. The molecule has 1 atom stereocenters. The summed E-state index contributed by atoms with van der Waals surface area (Å²) in [7, 11) is 0. The van der Waals surface area contributed by atoms with Gasteiger partial charge in [-0.3, -0.25) is 14.9 Å². The number of nitrogens with one attached hydrogen (secondary N) is 1. The molecule has 1 N–H and O–H groups in total. The van der Waals surface area contributed by atoms with Crippen LogP contribution in [0, 0.1) is 0 Å². The van der Waals surface area contributed by atoms with Crippen LogP contribution in [0.5, 0.6) is 0 Å². The number of aromatic nitrogens is 1.